The van der Waals surface area contributed by atoms with Crippen molar-refractivity contribution in [3.63, 3.8) is 0 Å². The Labute approximate surface area is 332 Å². The Kier molecular flexibility index (Phi) is 9.06. The van der Waals surface area contributed by atoms with Crippen LogP contribution in [0.25, 0.3) is 33.0 Å². The summed E-state index contributed by atoms with van der Waals surface area (Å²) in [7, 11) is 0. The molecular formula is C54H48N2. The van der Waals surface area contributed by atoms with E-state index in [1.165, 1.54) is 62.7 Å². The Balaban J connectivity index is 1.08. The third kappa shape index (κ3) is 6.66. The van der Waals surface area contributed by atoms with E-state index in [-0.39, 0.29) is 10.8 Å². The Morgan fingerprint density at radius 2 is 0.750 bits per heavy atom. The molecule has 0 fully saturated rings. The van der Waals surface area contributed by atoms with Gasteiger partial charge in [-0.15, -0.1) is 0 Å². The highest BCUT2D eigenvalue weighted by atomic mass is 15.1. The maximum absolute atomic E-state index is 2.46. The summed E-state index contributed by atoms with van der Waals surface area (Å²) in [5.74, 6) is 0. The predicted octanol–water partition coefficient (Wildman–Crippen LogP) is 15.5. The van der Waals surface area contributed by atoms with Gasteiger partial charge in [0.2, 0.25) is 0 Å². The summed E-state index contributed by atoms with van der Waals surface area (Å²) in [5.41, 5.74) is 14.9. The molecule has 0 N–H and O–H groups in total. The van der Waals surface area contributed by atoms with Crippen LogP contribution in [0.1, 0.15) is 51.7 Å². The van der Waals surface area contributed by atoms with Gasteiger partial charge in [0.25, 0.3) is 0 Å². The number of anilines is 6. The van der Waals surface area contributed by atoms with Crippen LogP contribution in [0.5, 0.6) is 0 Å². The van der Waals surface area contributed by atoms with Crippen molar-refractivity contribution in [1.82, 2.24) is 0 Å². The van der Waals surface area contributed by atoms with Crippen molar-refractivity contribution < 1.29 is 0 Å². The van der Waals surface area contributed by atoms with Crippen LogP contribution in [-0.4, -0.2) is 0 Å². The molecule has 0 radical (unpaired) electrons. The van der Waals surface area contributed by atoms with Gasteiger partial charge < -0.3 is 9.80 Å². The van der Waals surface area contributed by atoms with E-state index < -0.39 is 0 Å². The van der Waals surface area contributed by atoms with E-state index in [2.05, 4.69) is 232 Å². The highest BCUT2D eigenvalue weighted by molar-refractivity contribution is 5.97. The van der Waals surface area contributed by atoms with Crippen LogP contribution < -0.4 is 9.80 Å². The summed E-state index contributed by atoms with van der Waals surface area (Å²) in [6.07, 6.45) is 2.38. The van der Waals surface area contributed by atoms with Crippen LogP contribution >= 0.6 is 0 Å². The van der Waals surface area contributed by atoms with Crippen LogP contribution in [0, 0.1) is 0 Å². The van der Waals surface area contributed by atoms with Crippen molar-refractivity contribution in [3.8, 4) is 22.3 Å². The summed E-state index contributed by atoms with van der Waals surface area (Å²) in [4.78, 5) is 4.73. The molecular weight excluding hydrogens is 677 g/mol. The number of fused-ring (bicyclic) bond motifs is 2. The highest BCUT2D eigenvalue weighted by Crippen LogP contribution is 2.48. The van der Waals surface area contributed by atoms with E-state index in [4.69, 9.17) is 0 Å². The number of para-hydroxylation sites is 2. The molecule has 274 valence electrons. The van der Waals surface area contributed by atoms with Crippen LogP contribution in [-0.2, 0) is 10.8 Å². The van der Waals surface area contributed by atoms with E-state index in [1.807, 2.05) is 0 Å². The van der Waals surface area contributed by atoms with Crippen molar-refractivity contribution in [2.75, 3.05) is 9.80 Å². The van der Waals surface area contributed by atoms with Gasteiger partial charge in [-0.25, -0.2) is 0 Å². The lowest BCUT2D eigenvalue weighted by Gasteiger charge is -2.42. The Hall–Kier alpha value is -6.38. The molecule has 2 nitrogen and oxygen atoms in total. The largest absolute Gasteiger partial charge is 0.311 e. The summed E-state index contributed by atoms with van der Waals surface area (Å²) in [5, 5.41) is 2.53. The monoisotopic (exact) mass is 724 g/mol. The van der Waals surface area contributed by atoms with Crippen LogP contribution in [0.2, 0.25) is 0 Å². The summed E-state index contributed by atoms with van der Waals surface area (Å²) < 4.78 is 0. The third-order valence-corrected chi connectivity index (χ3v) is 11.9. The van der Waals surface area contributed by atoms with Gasteiger partial charge in [0.15, 0.2) is 0 Å². The van der Waals surface area contributed by atoms with Crippen molar-refractivity contribution in [3.05, 3.63) is 205 Å². The van der Waals surface area contributed by atoms with Crippen molar-refractivity contribution in [2.24, 2.45) is 0 Å². The maximum atomic E-state index is 2.46. The number of nitrogens with zero attached hydrogens (tertiary/aromatic N) is 2. The first-order valence-corrected chi connectivity index (χ1v) is 19.9. The quantitative estimate of drug-likeness (QED) is 0.154. The normalized spacial score (nSPS) is 14.2. The molecule has 0 aliphatic heterocycles. The molecule has 1 aliphatic rings. The summed E-state index contributed by atoms with van der Waals surface area (Å²) >= 11 is 0. The predicted molar refractivity (Wildman–Crippen MR) is 239 cm³/mol. The minimum absolute atomic E-state index is 0.109. The van der Waals surface area contributed by atoms with E-state index in [1.54, 1.807) is 0 Å². The van der Waals surface area contributed by atoms with E-state index in [0.717, 1.165) is 28.4 Å². The average molecular weight is 725 g/mol. The minimum atomic E-state index is 0.109. The van der Waals surface area contributed by atoms with E-state index in [9.17, 15) is 0 Å². The molecule has 0 heterocycles. The molecule has 1 aliphatic carbocycles. The van der Waals surface area contributed by atoms with Crippen molar-refractivity contribution in [1.29, 1.82) is 0 Å². The van der Waals surface area contributed by atoms with Gasteiger partial charge in [-0.2, -0.15) is 0 Å². The zero-order valence-electron chi connectivity index (χ0n) is 32.8. The number of hydrogen-bond acceptors (Lipinski definition) is 2. The smallest absolute Gasteiger partial charge is 0.0464 e. The summed E-state index contributed by atoms with van der Waals surface area (Å²) in [6, 6.07) is 70.7. The molecule has 0 bridgehead atoms. The number of benzene rings is 8. The fraction of sp³-hybridized carbons (Fsp3) is 0.148. The lowest BCUT2D eigenvalue weighted by molar-refractivity contribution is 0.332. The van der Waals surface area contributed by atoms with Gasteiger partial charge in [-0.05, 0) is 141 Å². The molecule has 0 atom stereocenters. The van der Waals surface area contributed by atoms with Crippen LogP contribution in [0.4, 0.5) is 34.1 Å². The molecule has 0 saturated carbocycles. The first kappa shape index (κ1) is 35.3. The Morgan fingerprint density at radius 1 is 0.339 bits per heavy atom. The second-order valence-electron chi connectivity index (χ2n) is 16.5. The molecule has 9 rings (SSSR count). The second-order valence-corrected chi connectivity index (χ2v) is 16.5. The lowest BCUT2D eigenvalue weighted by atomic mass is 9.63. The maximum Gasteiger partial charge on any atom is 0.0464 e. The van der Waals surface area contributed by atoms with Gasteiger partial charge in [0.05, 0.1) is 0 Å². The molecule has 0 unspecified atom stereocenters. The fourth-order valence-electron chi connectivity index (χ4n) is 8.64. The first-order chi connectivity index (χ1) is 27.2. The second kappa shape index (κ2) is 14.4. The van der Waals surface area contributed by atoms with Gasteiger partial charge in [0.1, 0.15) is 0 Å². The highest BCUT2D eigenvalue weighted by Gasteiger charge is 2.37. The Bertz CT molecular complexity index is 2560. The van der Waals surface area contributed by atoms with Crippen molar-refractivity contribution in [2.45, 2.75) is 51.4 Å². The molecule has 0 saturated heterocycles. The zero-order valence-corrected chi connectivity index (χ0v) is 32.8. The standard InChI is InChI=1S/C54H48N2/c1-53(2)36-37-54(3,4)52-38-48(34-35-51(52)53)56(47-32-26-42(27-33-47)50-21-13-15-41-14-11-12-20-49(41)50)46-30-24-40(25-31-46)39-22-28-45(29-23-39)55(43-16-7-5-8-17-43)44-18-9-6-10-19-44/h5-35,38H,36-37H2,1-4H3. The van der Waals surface area contributed by atoms with E-state index in [0.29, 0.717) is 0 Å². The average Bonchev–Trinajstić information content (AvgIpc) is 3.24. The Morgan fingerprint density at radius 3 is 1.30 bits per heavy atom. The van der Waals surface area contributed by atoms with Crippen LogP contribution in [0.15, 0.2) is 194 Å². The van der Waals surface area contributed by atoms with Gasteiger partial charge in [0, 0.05) is 34.1 Å². The molecule has 0 aromatic heterocycles. The minimum Gasteiger partial charge on any atom is -0.311 e. The van der Waals surface area contributed by atoms with E-state index >= 15 is 0 Å². The lowest BCUT2D eigenvalue weighted by Crippen LogP contribution is -2.34. The molecule has 0 spiro atoms. The SMILES string of the molecule is CC1(C)CCC(C)(C)c2cc(N(c3ccc(-c4ccc(N(c5ccccc5)c5ccccc5)cc4)cc3)c3ccc(-c4cccc5ccccc45)cc3)ccc21. The molecule has 56 heavy (non-hydrogen) atoms. The van der Waals surface area contributed by atoms with Gasteiger partial charge in [-0.1, -0.05) is 149 Å². The molecule has 8 aromatic rings. The number of hydrogen-bond donors (Lipinski definition) is 0. The molecule has 8 aromatic carbocycles. The number of rotatable bonds is 8. The van der Waals surface area contributed by atoms with Crippen molar-refractivity contribution >= 4 is 44.9 Å². The van der Waals surface area contributed by atoms with Gasteiger partial charge >= 0.3 is 0 Å². The zero-order chi connectivity index (χ0) is 38.3. The summed E-state index contributed by atoms with van der Waals surface area (Å²) in [6.45, 7) is 9.62. The molecule has 2 heteroatoms. The third-order valence-electron chi connectivity index (χ3n) is 11.9. The topological polar surface area (TPSA) is 6.48 Å². The fourth-order valence-corrected chi connectivity index (χ4v) is 8.64. The van der Waals surface area contributed by atoms with Gasteiger partial charge in [-0.3, -0.25) is 0 Å². The van der Waals surface area contributed by atoms with Crippen LogP contribution in [0.3, 0.4) is 0 Å². The molecule has 0 amide bonds. The first-order valence-electron chi connectivity index (χ1n) is 19.9.